The van der Waals surface area contributed by atoms with Gasteiger partial charge in [-0.1, -0.05) is 150 Å². The maximum atomic E-state index is 9.38. The van der Waals surface area contributed by atoms with Gasteiger partial charge in [0.25, 0.3) is 0 Å². The van der Waals surface area contributed by atoms with Gasteiger partial charge in [0.15, 0.2) is 0 Å². The molecule has 0 radical (unpaired) electrons. The van der Waals surface area contributed by atoms with Gasteiger partial charge in [-0.2, -0.15) is 5.26 Å². The zero-order valence-corrected chi connectivity index (χ0v) is 30.8. The third-order valence-corrected chi connectivity index (χ3v) is 6.76. The Bertz CT molecular complexity index is 974. The van der Waals surface area contributed by atoms with Crippen LogP contribution in [0.3, 0.4) is 0 Å². The smallest absolute Gasteiger partial charge is 0.116 e. The lowest BCUT2D eigenvalue weighted by Gasteiger charge is -2.33. The molecule has 1 atom stereocenters. The second kappa shape index (κ2) is 32.8. The molecule has 0 bridgehead atoms. The maximum absolute atomic E-state index is 9.38. The first-order valence-electron chi connectivity index (χ1n) is 17.3. The molecule has 2 aromatic carbocycles. The van der Waals surface area contributed by atoms with Crippen molar-refractivity contribution in [1.29, 1.82) is 5.26 Å². The molecular weight excluding hydrogens is 538 g/mol. The summed E-state index contributed by atoms with van der Waals surface area (Å²) in [7, 11) is 0. The molecule has 1 N–H and O–H groups in total. The number of hydrogen-bond acceptors (Lipinski definition) is 4. The summed E-state index contributed by atoms with van der Waals surface area (Å²) in [5.74, 6) is 2.41. The van der Waals surface area contributed by atoms with Crippen LogP contribution in [-0.4, -0.2) is 24.3 Å². The van der Waals surface area contributed by atoms with Crippen LogP contribution in [0.25, 0.3) is 0 Å². The van der Waals surface area contributed by atoms with Crippen molar-refractivity contribution >= 4 is 12.0 Å². The normalized spacial score (nSPS) is 10.8. The number of carbonyl (C=O) groups is 1. The highest BCUT2D eigenvalue weighted by atomic mass is 16.1. The molecule has 1 unspecified atom stereocenters. The van der Waals surface area contributed by atoms with Crippen molar-refractivity contribution in [2.24, 2.45) is 5.92 Å². The SMILES string of the molecule is CC.CC=O.CCCC.CCCCC(C)C.CCCN(CC(C)c1ccccc1)/C(Nc1ccccc1C)=C(/CC)CC#N. The monoisotopic (exact) mass is 608 g/mol. The summed E-state index contributed by atoms with van der Waals surface area (Å²) in [5.41, 5.74) is 4.83. The minimum atomic E-state index is 0.404. The van der Waals surface area contributed by atoms with Crippen LogP contribution in [0.4, 0.5) is 5.69 Å². The number of nitrogens with zero attached hydrogens (tertiary/aromatic N) is 2. The van der Waals surface area contributed by atoms with Crippen LogP contribution >= 0.6 is 0 Å². The summed E-state index contributed by atoms with van der Waals surface area (Å²) in [6.45, 7) is 27.2. The molecule has 4 nitrogen and oxygen atoms in total. The van der Waals surface area contributed by atoms with E-state index in [0.717, 1.165) is 49.6 Å². The van der Waals surface area contributed by atoms with Gasteiger partial charge >= 0.3 is 0 Å². The van der Waals surface area contributed by atoms with Gasteiger partial charge in [0.2, 0.25) is 0 Å². The van der Waals surface area contributed by atoms with Crippen LogP contribution in [0.2, 0.25) is 0 Å². The van der Waals surface area contributed by atoms with Crippen LogP contribution in [-0.2, 0) is 4.79 Å². The Morgan fingerprint density at radius 1 is 0.886 bits per heavy atom. The fraction of sp³-hybridized carbons (Fsp3) is 0.600. The molecule has 4 heteroatoms. The van der Waals surface area contributed by atoms with Gasteiger partial charge in [0, 0.05) is 18.8 Å². The zero-order chi connectivity index (χ0) is 34.2. The van der Waals surface area contributed by atoms with E-state index in [2.05, 4.69) is 133 Å². The minimum absolute atomic E-state index is 0.404. The Morgan fingerprint density at radius 2 is 1.43 bits per heavy atom. The van der Waals surface area contributed by atoms with Gasteiger partial charge in [-0.15, -0.1) is 0 Å². The quantitative estimate of drug-likeness (QED) is 0.217. The summed E-state index contributed by atoms with van der Waals surface area (Å²) < 4.78 is 0. The summed E-state index contributed by atoms with van der Waals surface area (Å²) >= 11 is 0. The molecular formula is C40H69N3O. The lowest BCUT2D eigenvalue weighted by molar-refractivity contribution is -0.106. The molecule has 0 aromatic heterocycles. The van der Waals surface area contributed by atoms with Crippen LogP contribution in [0.1, 0.15) is 145 Å². The number of nitrogens with one attached hydrogen (secondary N) is 1. The Balaban J connectivity index is -0.000000870. The van der Waals surface area contributed by atoms with Crippen molar-refractivity contribution in [3.05, 3.63) is 77.1 Å². The molecule has 0 fully saturated rings. The predicted octanol–water partition coefficient (Wildman–Crippen LogP) is 12.3. The number of rotatable bonds is 14. The molecule has 0 amide bonds. The van der Waals surface area contributed by atoms with Gasteiger partial charge in [-0.25, -0.2) is 0 Å². The Labute approximate surface area is 274 Å². The van der Waals surface area contributed by atoms with E-state index in [1.165, 1.54) is 55.7 Å². The number of nitriles is 1. The molecule has 2 rings (SSSR count). The number of para-hydroxylation sites is 1. The van der Waals surface area contributed by atoms with Gasteiger partial charge in [-0.05, 0) is 61.3 Å². The first kappa shape index (κ1) is 45.4. The van der Waals surface area contributed by atoms with Crippen molar-refractivity contribution in [3.63, 3.8) is 0 Å². The highest BCUT2D eigenvalue weighted by Crippen LogP contribution is 2.26. The highest BCUT2D eigenvalue weighted by Gasteiger charge is 2.18. The van der Waals surface area contributed by atoms with Crippen LogP contribution in [0, 0.1) is 24.2 Å². The molecule has 0 saturated heterocycles. The first-order valence-corrected chi connectivity index (χ1v) is 17.3. The summed E-state index contributed by atoms with van der Waals surface area (Å²) in [6.07, 6.45) is 9.91. The lowest BCUT2D eigenvalue weighted by Crippen LogP contribution is -2.33. The summed E-state index contributed by atoms with van der Waals surface area (Å²) in [4.78, 5) is 11.2. The molecule has 0 spiro atoms. The zero-order valence-electron chi connectivity index (χ0n) is 30.8. The minimum Gasteiger partial charge on any atom is -0.358 e. The third kappa shape index (κ3) is 23.4. The van der Waals surface area contributed by atoms with Crippen LogP contribution in [0.15, 0.2) is 66.0 Å². The highest BCUT2D eigenvalue weighted by molar-refractivity contribution is 5.54. The Hall–Kier alpha value is -3.06. The number of allylic oxidation sites excluding steroid dienone is 1. The molecule has 0 heterocycles. The van der Waals surface area contributed by atoms with E-state index in [1.807, 2.05) is 13.8 Å². The van der Waals surface area contributed by atoms with E-state index < -0.39 is 0 Å². The number of aldehydes is 1. The standard InChI is InChI=1S/C25H33N3.C7H16.C4H10.C2H4O.C2H6/c1-5-18-28(19-21(4)23-13-8-7-9-14-23)25(22(6-2)16-17-26)27-24-15-11-10-12-20(24)3;1-4-5-6-7(2)3;1-3-4-2;1-2-3;1-2/h7-15,21,27H,5-6,16,18-19H2,1-4H3;7H,4-6H2,1-3H3;3-4H2,1-2H3;2H,1H3;1-2H3/b25-22-;;;;. The van der Waals surface area contributed by atoms with Crippen molar-refractivity contribution < 1.29 is 4.79 Å². The van der Waals surface area contributed by atoms with E-state index in [4.69, 9.17) is 4.79 Å². The molecule has 44 heavy (non-hydrogen) atoms. The molecule has 0 aliphatic carbocycles. The van der Waals surface area contributed by atoms with Crippen molar-refractivity contribution in [3.8, 4) is 6.07 Å². The Morgan fingerprint density at radius 3 is 1.84 bits per heavy atom. The Kier molecular flexibility index (Phi) is 33.9. The van der Waals surface area contributed by atoms with Gasteiger partial charge in [0.05, 0.1) is 12.5 Å². The van der Waals surface area contributed by atoms with E-state index in [-0.39, 0.29) is 0 Å². The number of benzene rings is 2. The number of aryl methyl sites for hydroxylation is 1. The molecule has 250 valence electrons. The summed E-state index contributed by atoms with van der Waals surface area (Å²) in [5, 5.41) is 13.1. The van der Waals surface area contributed by atoms with E-state index >= 15 is 0 Å². The van der Waals surface area contributed by atoms with E-state index in [0.29, 0.717) is 12.3 Å². The fourth-order valence-electron chi connectivity index (χ4n) is 4.10. The first-order chi connectivity index (χ1) is 21.2. The average molecular weight is 608 g/mol. The number of unbranched alkanes of at least 4 members (excludes halogenated alkanes) is 2. The van der Waals surface area contributed by atoms with Crippen molar-refractivity contribution in [1.82, 2.24) is 4.90 Å². The predicted molar refractivity (Wildman–Crippen MR) is 197 cm³/mol. The van der Waals surface area contributed by atoms with Gasteiger partial charge in [0.1, 0.15) is 12.1 Å². The van der Waals surface area contributed by atoms with Crippen molar-refractivity contribution in [2.45, 2.75) is 140 Å². The molecule has 0 aliphatic rings. The summed E-state index contributed by atoms with van der Waals surface area (Å²) in [6, 6.07) is 21.4. The largest absolute Gasteiger partial charge is 0.358 e. The molecule has 0 aliphatic heterocycles. The van der Waals surface area contributed by atoms with Crippen LogP contribution < -0.4 is 5.32 Å². The van der Waals surface area contributed by atoms with E-state index in [1.54, 1.807) is 0 Å². The number of carbonyl (C=O) groups excluding carboxylic acids is 1. The van der Waals surface area contributed by atoms with Crippen molar-refractivity contribution in [2.75, 3.05) is 18.4 Å². The molecule has 0 saturated carbocycles. The number of anilines is 1. The fourth-order valence-corrected chi connectivity index (χ4v) is 4.10. The maximum Gasteiger partial charge on any atom is 0.116 e. The third-order valence-electron chi connectivity index (χ3n) is 6.76. The van der Waals surface area contributed by atoms with Crippen LogP contribution in [0.5, 0.6) is 0 Å². The second-order valence-corrected chi connectivity index (χ2v) is 11.1. The average Bonchev–Trinajstić information content (AvgIpc) is 3.04. The second-order valence-electron chi connectivity index (χ2n) is 11.1. The topological polar surface area (TPSA) is 56.1 Å². The molecule has 2 aromatic rings. The van der Waals surface area contributed by atoms with E-state index in [9.17, 15) is 5.26 Å². The van der Waals surface area contributed by atoms with Gasteiger partial charge < -0.3 is 15.0 Å². The number of hydrogen-bond donors (Lipinski definition) is 1. The lowest BCUT2D eigenvalue weighted by atomic mass is 10.00. The van der Waals surface area contributed by atoms with Gasteiger partial charge in [-0.3, -0.25) is 0 Å².